The van der Waals surface area contributed by atoms with E-state index in [2.05, 4.69) is 27.9 Å². The predicted molar refractivity (Wildman–Crippen MR) is 126 cm³/mol. The molecular weight excluding hydrogens is 436 g/mol. The Labute approximate surface area is 196 Å². The highest BCUT2D eigenvalue weighted by Gasteiger charge is 2.29. The zero-order valence-corrected chi connectivity index (χ0v) is 18.9. The number of nitrogens with one attached hydrogen (secondary N) is 2. The standard InChI is InChI=1S/C25H26N4O5/c1-3-8-20(24(31)32)26-23(30)21-13-22(28-29(21)2)27-25(33)34-14-19-17-11-6-4-9-15(17)16-10-5-7-12-18(16)19/h4-7,9-13,19-20H,3,8,14H2,1-2H3,(H,26,30)(H,31,32)(H,27,28,33)/t20-/m0/s1. The van der Waals surface area contributed by atoms with E-state index in [0.29, 0.717) is 12.8 Å². The molecule has 1 atom stereocenters. The number of rotatable bonds is 8. The first-order chi connectivity index (χ1) is 16.4. The molecule has 1 aliphatic carbocycles. The Hall–Kier alpha value is -4.14. The van der Waals surface area contributed by atoms with Gasteiger partial charge >= 0.3 is 12.1 Å². The van der Waals surface area contributed by atoms with E-state index in [-0.39, 0.29) is 24.0 Å². The zero-order chi connectivity index (χ0) is 24.2. The van der Waals surface area contributed by atoms with E-state index in [0.717, 1.165) is 22.3 Å². The Bertz CT molecular complexity index is 1190. The van der Waals surface area contributed by atoms with Crippen LogP contribution in [0.4, 0.5) is 10.6 Å². The summed E-state index contributed by atoms with van der Waals surface area (Å²) < 4.78 is 6.78. The third-order valence-electron chi connectivity index (χ3n) is 5.87. The smallest absolute Gasteiger partial charge is 0.412 e. The van der Waals surface area contributed by atoms with E-state index in [4.69, 9.17) is 4.74 Å². The Morgan fingerprint density at radius 1 is 1.09 bits per heavy atom. The van der Waals surface area contributed by atoms with Gasteiger partial charge in [-0.05, 0) is 28.7 Å². The van der Waals surface area contributed by atoms with Gasteiger partial charge < -0.3 is 15.2 Å². The van der Waals surface area contributed by atoms with Gasteiger partial charge in [-0.2, -0.15) is 5.10 Å². The first-order valence-corrected chi connectivity index (χ1v) is 11.1. The summed E-state index contributed by atoms with van der Waals surface area (Å²) in [5, 5.41) is 18.4. The minimum Gasteiger partial charge on any atom is -0.480 e. The zero-order valence-electron chi connectivity index (χ0n) is 18.9. The summed E-state index contributed by atoms with van der Waals surface area (Å²) in [5.41, 5.74) is 4.60. The highest BCUT2D eigenvalue weighted by atomic mass is 16.5. The molecule has 34 heavy (non-hydrogen) atoms. The molecule has 0 fully saturated rings. The third-order valence-corrected chi connectivity index (χ3v) is 5.87. The number of fused-ring (bicyclic) bond motifs is 3. The maximum absolute atomic E-state index is 12.5. The molecule has 2 aromatic carbocycles. The molecule has 2 amide bonds. The third kappa shape index (κ3) is 4.63. The molecular formula is C25H26N4O5. The fourth-order valence-corrected chi connectivity index (χ4v) is 4.26. The SMILES string of the molecule is CCC[C@H](NC(=O)c1cc(NC(=O)OCC2c3ccccc3-c3ccccc32)nn1C)C(=O)O. The van der Waals surface area contributed by atoms with Gasteiger partial charge in [0.15, 0.2) is 5.82 Å². The van der Waals surface area contributed by atoms with Gasteiger partial charge in [0.1, 0.15) is 18.3 Å². The van der Waals surface area contributed by atoms with Crippen molar-refractivity contribution in [2.75, 3.05) is 11.9 Å². The summed E-state index contributed by atoms with van der Waals surface area (Å²) in [5.74, 6) is -1.63. The lowest BCUT2D eigenvalue weighted by Gasteiger charge is -2.14. The minimum absolute atomic E-state index is 0.0743. The van der Waals surface area contributed by atoms with Gasteiger partial charge in [-0.1, -0.05) is 61.9 Å². The molecule has 3 N–H and O–H groups in total. The number of nitrogens with zero attached hydrogens (tertiary/aromatic N) is 2. The van der Waals surface area contributed by atoms with E-state index in [1.165, 1.54) is 17.8 Å². The predicted octanol–water partition coefficient (Wildman–Crippen LogP) is 3.76. The quantitative estimate of drug-likeness (QED) is 0.468. The first-order valence-electron chi connectivity index (χ1n) is 11.1. The number of hydrogen-bond acceptors (Lipinski definition) is 5. The molecule has 0 saturated heterocycles. The van der Waals surface area contributed by atoms with Crippen molar-refractivity contribution in [1.82, 2.24) is 15.1 Å². The Morgan fingerprint density at radius 3 is 2.29 bits per heavy atom. The number of carboxylic acid groups (broad SMARTS) is 1. The molecule has 0 radical (unpaired) electrons. The molecule has 0 aliphatic heterocycles. The van der Waals surface area contributed by atoms with Crippen LogP contribution in [0.1, 0.15) is 47.3 Å². The van der Waals surface area contributed by atoms with Crippen LogP contribution in [0, 0.1) is 0 Å². The highest BCUT2D eigenvalue weighted by molar-refractivity contribution is 5.96. The van der Waals surface area contributed by atoms with Gasteiger partial charge in [0.2, 0.25) is 0 Å². The molecule has 1 aromatic heterocycles. The Morgan fingerprint density at radius 2 is 1.71 bits per heavy atom. The maximum atomic E-state index is 12.5. The lowest BCUT2D eigenvalue weighted by molar-refractivity contribution is -0.139. The van der Waals surface area contributed by atoms with Crippen LogP contribution in [0.2, 0.25) is 0 Å². The molecule has 0 spiro atoms. The number of carbonyl (C=O) groups is 3. The van der Waals surface area contributed by atoms with Gasteiger partial charge in [0.25, 0.3) is 5.91 Å². The summed E-state index contributed by atoms with van der Waals surface area (Å²) in [7, 11) is 1.54. The maximum Gasteiger partial charge on any atom is 0.412 e. The number of carbonyl (C=O) groups excluding carboxylic acids is 2. The van der Waals surface area contributed by atoms with Gasteiger partial charge in [-0.25, -0.2) is 9.59 Å². The normalized spacial score (nSPS) is 13.0. The number of aromatic nitrogens is 2. The van der Waals surface area contributed by atoms with Crippen LogP contribution in [0.25, 0.3) is 11.1 Å². The summed E-state index contributed by atoms with van der Waals surface area (Å²) >= 11 is 0. The van der Waals surface area contributed by atoms with E-state index in [1.807, 2.05) is 43.3 Å². The van der Waals surface area contributed by atoms with Crippen molar-refractivity contribution in [1.29, 1.82) is 0 Å². The fraction of sp³-hybridized carbons (Fsp3) is 0.280. The van der Waals surface area contributed by atoms with Crippen LogP contribution in [0.15, 0.2) is 54.6 Å². The van der Waals surface area contributed by atoms with Crippen LogP contribution in [0.3, 0.4) is 0 Å². The lowest BCUT2D eigenvalue weighted by atomic mass is 9.98. The van der Waals surface area contributed by atoms with Crippen molar-refractivity contribution in [2.24, 2.45) is 7.05 Å². The monoisotopic (exact) mass is 462 g/mol. The largest absolute Gasteiger partial charge is 0.480 e. The van der Waals surface area contributed by atoms with Gasteiger partial charge in [-0.15, -0.1) is 0 Å². The fourth-order valence-electron chi connectivity index (χ4n) is 4.26. The van der Waals surface area contributed by atoms with Crippen LogP contribution >= 0.6 is 0 Å². The molecule has 9 heteroatoms. The second kappa shape index (κ2) is 9.78. The number of benzene rings is 2. The number of aryl methyl sites for hydroxylation is 1. The topological polar surface area (TPSA) is 123 Å². The van der Waals surface area contributed by atoms with Crippen molar-refractivity contribution in [3.8, 4) is 11.1 Å². The number of carboxylic acids is 1. The molecule has 176 valence electrons. The van der Waals surface area contributed by atoms with E-state index < -0.39 is 24.0 Å². The van der Waals surface area contributed by atoms with Crippen molar-refractivity contribution < 1.29 is 24.2 Å². The van der Waals surface area contributed by atoms with Crippen LogP contribution in [-0.4, -0.2) is 45.5 Å². The average Bonchev–Trinajstić information content (AvgIpc) is 3.34. The molecule has 0 unspecified atom stereocenters. The molecule has 0 bridgehead atoms. The number of aliphatic carboxylic acids is 1. The lowest BCUT2D eigenvalue weighted by Crippen LogP contribution is -2.41. The van der Waals surface area contributed by atoms with E-state index in [9.17, 15) is 19.5 Å². The van der Waals surface area contributed by atoms with Crippen LogP contribution < -0.4 is 10.6 Å². The highest BCUT2D eigenvalue weighted by Crippen LogP contribution is 2.44. The number of hydrogen-bond donors (Lipinski definition) is 3. The van der Waals surface area contributed by atoms with Crippen molar-refractivity contribution in [3.63, 3.8) is 0 Å². The van der Waals surface area contributed by atoms with Gasteiger partial charge in [0, 0.05) is 19.0 Å². The van der Waals surface area contributed by atoms with Crippen molar-refractivity contribution in [2.45, 2.75) is 31.7 Å². The second-order valence-electron chi connectivity index (χ2n) is 8.14. The van der Waals surface area contributed by atoms with Crippen LogP contribution in [0.5, 0.6) is 0 Å². The van der Waals surface area contributed by atoms with Crippen molar-refractivity contribution in [3.05, 3.63) is 71.4 Å². The summed E-state index contributed by atoms with van der Waals surface area (Å²) in [4.78, 5) is 36.3. The average molecular weight is 463 g/mol. The number of ether oxygens (including phenoxy) is 1. The van der Waals surface area contributed by atoms with Gasteiger partial charge in [-0.3, -0.25) is 14.8 Å². The number of anilines is 1. The number of amides is 2. The van der Waals surface area contributed by atoms with E-state index in [1.54, 1.807) is 0 Å². The Kier molecular flexibility index (Phi) is 6.62. The Balaban J connectivity index is 1.40. The summed E-state index contributed by atoms with van der Waals surface area (Å²) in [6.07, 6.45) is 0.224. The summed E-state index contributed by atoms with van der Waals surface area (Å²) in [6.45, 7) is 1.99. The molecule has 9 nitrogen and oxygen atoms in total. The molecule has 3 aromatic rings. The van der Waals surface area contributed by atoms with Crippen LogP contribution in [-0.2, 0) is 16.6 Å². The first kappa shape index (κ1) is 23.0. The van der Waals surface area contributed by atoms with E-state index >= 15 is 0 Å². The van der Waals surface area contributed by atoms with Crippen molar-refractivity contribution >= 4 is 23.8 Å². The molecule has 0 saturated carbocycles. The molecule has 1 heterocycles. The second-order valence-corrected chi connectivity index (χ2v) is 8.14. The minimum atomic E-state index is -1.10. The van der Waals surface area contributed by atoms with Gasteiger partial charge in [0.05, 0.1) is 0 Å². The summed E-state index contributed by atoms with van der Waals surface area (Å²) in [6, 6.07) is 16.5. The molecule has 1 aliphatic rings. The molecule has 4 rings (SSSR count).